The van der Waals surface area contributed by atoms with Gasteiger partial charge in [0.05, 0.1) is 0 Å². The fourth-order valence-corrected chi connectivity index (χ4v) is 1.75. The van der Waals surface area contributed by atoms with Gasteiger partial charge in [0.2, 0.25) is 0 Å². The van der Waals surface area contributed by atoms with Crippen molar-refractivity contribution in [3.05, 3.63) is 115 Å². The standard InChI is InChI=1S/C9H7.2C6H5.Hf/c1-2-5-9-7-3-6-8(9)4-1;2*1-2-4-6-5-3-1;/h1-7H;2*1-5H;/q3*-1;. The molecular formula is C21H17Hf-3. The molecule has 4 rings (SSSR count). The molecule has 0 atom stereocenters. The van der Waals surface area contributed by atoms with Crippen LogP contribution in [0.2, 0.25) is 0 Å². The molecule has 0 nitrogen and oxygen atoms in total. The summed E-state index contributed by atoms with van der Waals surface area (Å²) in [4.78, 5) is 0. The van der Waals surface area contributed by atoms with Crippen molar-refractivity contribution in [3.8, 4) is 0 Å². The van der Waals surface area contributed by atoms with Crippen LogP contribution < -0.4 is 0 Å². The van der Waals surface area contributed by atoms with Crippen molar-refractivity contribution >= 4 is 10.8 Å². The van der Waals surface area contributed by atoms with E-state index in [1.165, 1.54) is 10.8 Å². The van der Waals surface area contributed by atoms with Crippen LogP contribution in [0.15, 0.2) is 103 Å². The second-order valence-corrected chi connectivity index (χ2v) is 4.31. The Kier molecular flexibility index (Phi) is 9.73. The minimum absolute atomic E-state index is 0. The monoisotopic (exact) mass is 449 g/mol. The minimum atomic E-state index is 0. The van der Waals surface area contributed by atoms with Gasteiger partial charge in [-0.2, -0.15) is 90.3 Å². The molecule has 0 aliphatic heterocycles. The maximum atomic E-state index is 2.89. The van der Waals surface area contributed by atoms with Crippen LogP contribution in [0.3, 0.4) is 0 Å². The van der Waals surface area contributed by atoms with E-state index in [-0.39, 0.29) is 25.8 Å². The molecule has 22 heavy (non-hydrogen) atoms. The molecule has 4 aromatic rings. The Hall–Kier alpha value is -1.86. The molecule has 108 valence electrons. The Morgan fingerprint density at radius 2 is 1.14 bits per heavy atom. The van der Waals surface area contributed by atoms with E-state index in [0.29, 0.717) is 0 Å². The number of fused-ring (bicyclic) bond motifs is 1. The van der Waals surface area contributed by atoms with Gasteiger partial charge in [-0.15, -0.1) is 29.7 Å². The summed E-state index contributed by atoms with van der Waals surface area (Å²) in [5.74, 6) is 0. The number of benzene rings is 3. The molecule has 0 aromatic heterocycles. The van der Waals surface area contributed by atoms with Crippen molar-refractivity contribution in [2.24, 2.45) is 0 Å². The zero-order valence-electron chi connectivity index (χ0n) is 12.3. The molecule has 0 radical (unpaired) electrons. The Morgan fingerprint density at radius 1 is 0.591 bits per heavy atom. The molecule has 0 fully saturated rings. The van der Waals surface area contributed by atoms with E-state index >= 15 is 0 Å². The summed E-state index contributed by atoms with van der Waals surface area (Å²) in [6.45, 7) is 0. The van der Waals surface area contributed by atoms with Gasteiger partial charge in [-0.1, -0.05) is 6.07 Å². The largest absolute Gasteiger partial charge is 0.184 e. The van der Waals surface area contributed by atoms with Crippen LogP contribution in [0.4, 0.5) is 0 Å². The molecule has 1 heteroatoms. The van der Waals surface area contributed by atoms with Crippen LogP contribution in [-0.2, 0) is 25.8 Å². The third kappa shape index (κ3) is 7.24. The van der Waals surface area contributed by atoms with Crippen LogP contribution in [0.1, 0.15) is 0 Å². The topological polar surface area (TPSA) is 0 Å². The zero-order valence-corrected chi connectivity index (χ0v) is 15.9. The predicted octanol–water partition coefficient (Wildman–Crippen LogP) is 5.53. The van der Waals surface area contributed by atoms with Crippen LogP contribution in [0.25, 0.3) is 10.8 Å². The minimum Gasteiger partial charge on any atom is -0.184 e. The first-order chi connectivity index (χ1) is 10.5. The van der Waals surface area contributed by atoms with E-state index in [1.807, 2.05) is 60.7 Å². The first-order valence-corrected chi connectivity index (χ1v) is 6.89. The van der Waals surface area contributed by atoms with E-state index < -0.39 is 0 Å². The van der Waals surface area contributed by atoms with Gasteiger partial charge in [0.1, 0.15) is 0 Å². The Bertz CT molecular complexity index is 584. The summed E-state index contributed by atoms with van der Waals surface area (Å²) in [5.41, 5.74) is 0. The second kappa shape index (κ2) is 11.8. The summed E-state index contributed by atoms with van der Waals surface area (Å²) < 4.78 is 0. The third-order valence-corrected chi connectivity index (χ3v) is 2.76. The molecule has 0 spiro atoms. The van der Waals surface area contributed by atoms with Crippen molar-refractivity contribution in [1.82, 2.24) is 0 Å². The number of hydrogen-bond donors (Lipinski definition) is 0. The van der Waals surface area contributed by atoms with Gasteiger partial charge in [-0.05, 0) is 0 Å². The van der Waals surface area contributed by atoms with Gasteiger partial charge in [0.15, 0.2) is 0 Å². The average molecular weight is 448 g/mol. The van der Waals surface area contributed by atoms with E-state index in [2.05, 4.69) is 54.6 Å². The van der Waals surface area contributed by atoms with Gasteiger partial charge in [0, 0.05) is 25.8 Å². The molecular weight excluding hydrogens is 431 g/mol. The maximum Gasteiger partial charge on any atom is 0 e. The molecule has 0 N–H and O–H groups in total. The SMILES string of the molecule is [Hf].[c-]1ccccc1.[c-]1ccccc1.c1ccc2[cH-]ccc2c1. The molecule has 0 saturated heterocycles. The van der Waals surface area contributed by atoms with Crippen LogP contribution in [-0.4, -0.2) is 0 Å². The molecule has 0 aliphatic rings. The van der Waals surface area contributed by atoms with E-state index in [9.17, 15) is 0 Å². The van der Waals surface area contributed by atoms with Crippen molar-refractivity contribution in [3.63, 3.8) is 0 Å². The van der Waals surface area contributed by atoms with Crippen molar-refractivity contribution in [1.29, 1.82) is 0 Å². The smallest absolute Gasteiger partial charge is 0 e. The second-order valence-electron chi connectivity index (χ2n) is 4.31. The van der Waals surface area contributed by atoms with Gasteiger partial charge >= 0.3 is 0 Å². The zero-order chi connectivity index (χ0) is 14.6. The Labute approximate surface area is 151 Å². The summed E-state index contributed by atoms with van der Waals surface area (Å²) >= 11 is 0. The maximum absolute atomic E-state index is 2.89. The molecule has 4 aromatic carbocycles. The van der Waals surface area contributed by atoms with Crippen molar-refractivity contribution < 1.29 is 25.8 Å². The Balaban J connectivity index is 0.000000167. The fraction of sp³-hybridized carbons (Fsp3) is 0. The van der Waals surface area contributed by atoms with Gasteiger partial charge < -0.3 is 0 Å². The van der Waals surface area contributed by atoms with Crippen molar-refractivity contribution in [2.75, 3.05) is 0 Å². The first kappa shape index (κ1) is 18.2. The van der Waals surface area contributed by atoms with E-state index in [0.717, 1.165) is 0 Å². The Morgan fingerprint density at radius 3 is 1.55 bits per heavy atom. The summed E-state index contributed by atoms with van der Waals surface area (Å²) in [5, 5.41) is 2.66. The van der Waals surface area contributed by atoms with Gasteiger partial charge in [-0.25, -0.2) is 0 Å². The molecule has 0 saturated carbocycles. The van der Waals surface area contributed by atoms with Crippen LogP contribution >= 0.6 is 0 Å². The summed E-state index contributed by atoms with van der Waals surface area (Å²) in [7, 11) is 0. The number of hydrogen-bond acceptors (Lipinski definition) is 0. The van der Waals surface area contributed by atoms with Crippen LogP contribution in [0.5, 0.6) is 0 Å². The number of rotatable bonds is 0. The first-order valence-electron chi connectivity index (χ1n) is 6.89. The summed E-state index contributed by atoms with van der Waals surface area (Å²) in [6, 6.07) is 39.7. The molecule has 0 aliphatic carbocycles. The fourth-order valence-electron chi connectivity index (χ4n) is 1.75. The van der Waals surface area contributed by atoms with E-state index in [4.69, 9.17) is 0 Å². The quantitative estimate of drug-likeness (QED) is 0.245. The predicted molar refractivity (Wildman–Crippen MR) is 90.1 cm³/mol. The summed E-state index contributed by atoms with van der Waals surface area (Å²) in [6.07, 6.45) is 0. The molecule has 0 amide bonds. The molecule has 0 bridgehead atoms. The third-order valence-electron chi connectivity index (χ3n) is 2.76. The van der Waals surface area contributed by atoms with Crippen LogP contribution in [0, 0.1) is 12.1 Å². The van der Waals surface area contributed by atoms with Gasteiger partial charge in [0.25, 0.3) is 0 Å². The average Bonchev–Trinajstić information content (AvgIpc) is 3.08. The van der Waals surface area contributed by atoms with Crippen molar-refractivity contribution in [2.45, 2.75) is 0 Å². The molecule has 0 unspecified atom stereocenters. The van der Waals surface area contributed by atoms with Gasteiger partial charge in [-0.3, -0.25) is 0 Å². The van der Waals surface area contributed by atoms with E-state index in [1.54, 1.807) is 0 Å². The normalized spacial score (nSPS) is 8.55. The molecule has 0 heterocycles.